The van der Waals surface area contributed by atoms with E-state index in [2.05, 4.69) is 20.9 Å². The van der Waals surface area contributed by atoms with Gasteiger partial charge in [-0.05, 0) is 42.2 Å². The lowest BCUT2D eigenvalue weighted by atomic mass is 10.0. The Hall–Kier alpha value is -4.91. The molecule has 1 heterocycles. The van der Waals surface area contributed by atoms with Crippen molar-refractivity contribution in [2.24, 2.45) is 11.5 Å². The van der Waals surface area contributed by atoms with Gasteiger partial charge in [-0.1, -0.05) is 30.3 Å². The minimum atomic E-state index is -1.42. The first-order chi connectivity index (χ1) is 19.0. The van der Waals surface area contributed by atoms with Crippen LogP contribution >= 0.6 is 0 Å². The SMILES string of the molecule is NC(=O)CCC(NC(=O)C(Cc1ccc(O)cc1)NC(=O)CNC(=O)C(N)Cc1c[nH]c2ccccc12)C(=O)O. The van der Waals surface area contributed by atoms with E-state index in [1.54, 1.807) is 6.20 Å². The second-order valence-corrected chi connectivity index (χ2v) is 9.28. The van der Waals surface area contributed by atoms with Crippen LogP contribution in [0, 0.1) is 0 Å². The van der Waals surface area contributed by atoms with Crippen LogP contribution in [0.1, 0.15) is 24.0 Å². The number of phenols is 1. The van der Waals surface area contributed by atoms with Gasteiger partial charge in [-0.25, -0.2) is 4.79 Å². The van der Waals surface area contributed by atoms with Gasteiger partial charge in [0.1, 0.15) is 17.8 Å². The normalized spacial score (nSPS) is 13.1. The van der Waals surface area contributed by atoms with Crippen molar-refractivity contribution in [1.29, 1.82) is 0 Å². The quantitative estimate of drug-likeness (QED) is 0.129. The largest absolute Gasteiger partial charge is 0.508 e. The van der Waals surface area contributed by atoms with E-state index in [4.69, 9.17) is 11.5 Å². The first kappa shape index (κ1) is 29.6. The van der Waals surface area contributed by atoms with E-state index in [1.165, 1.54) is 24.3 Å². The van der Waals surface area contributed by atoms with Gasteiger partial charge in [0.05, 0.1) is 12.6 Å². The van der Waals surface area contributed by atoms with Crippen LogP contribution in [0.3, 0.4) is 0 Å². The number of aliphatic carboxylic acids is 1. The molecule has 10 N–H and O–H groups in total. The third-order valence-corrected chi connectivity index (χ3v) is 6.20. The Bertz CT molecular complexity index is 1370. The van der Waals surface area contributed by atoms with Crippen LogP contribution in [-0.4, -0.2) is 69.5 Å². The third kappa shape index (κ3) is 8.56. The molecule has 0 aliphatic rings. The van der Waals surface area contributed by atoms with E-state index in [1.807, 2.05) is 24.3 Å². The highest BCUT2D eigenvalue weighted by atomic mass is 16.4. The monoisotopic (exact) mass is 552 g/mol. The number of nitrogens with two attached hydrogens (primary N) is 2. The molecule has 0 saturated carbocycles. The third-order valence-electron chi connectivity index (χ3n) is 6.20. The van der Waals surface area contributed by atoms with Gasteiger partial charge in [0.25, 0.3) is 0 Å². The first-order valence-corrected chi connectivity index (χ1v) is 12.5. The van der Waals surface area contributed by atoms with E-state index in [0.29, 0.717) is 5.56 Å². The summed E-state index contributed by atoms with van der Waals surface area (Å²) in [4.78, 5) is 64.0. The Morgan fingerprint density at radius 2 is 1.60 bits per heavy atom. The Morgan fingerprint density at radius 1 is 0.900 bits per heavy atom. The van der Waals surface area contributed by atoms with Crippen molar-refractivity contribution in [2.45, 2.75) is 43.8 Å². The van der Waals surface area contributed by atoms with E-state index >= 15 is 0 Å². The summed E-state index contributed by atoms with van der Waals surface area (Å²) in [5.41, 5.74) is 13.4. The summed E-state index contributed by atoms with van der Waals surface area (Å²) in [6, 6.07) is 9.84. The number of aromatic nitrogens is 1. The van der Waals surface area contributed by atoms with Gasteiger partial charge in [-0.2, -0.15) is 0 Å². The number of aromatic hydroxyl groups is 1. The molecule has 2 aromatic carbocycles. The molecule has 0 fully saturated rings. The predicted octanol–water partition coefficient (Wildman–Crippen LogP) is -0.578. The van der Waals surface area contributed by atoms with Crippen molar-refractivity contribution in [3.63, 3.8) is 0 Å². The summed E-state index contributed by atoms with van der Waals surface area (Å²) >= 11 is 0. The van der Waals surface area contributed by atoms with Crippen LogP contribution in [0.25, 0.3) is 10.9 Å². The number of para-hydroxylation sites is 1. The maximum atomic E-state index is 13.0. The van der Waals surface area contributed by atoms with Gasteiger partial charge in [-0.15, -0.1) is 0 Å². The van der Waals surface area contributed by atoms with Crippen LogP contribution < -0.4 is 27.4 Å². The average molecular weight is 553 g/mol. The predicted molar refractivity (Wildman–Crippen MR) is 145 cm³/mol. The average Bonchev–Trinajstić information content (AvgIpc) is 3.32. The molecule has 0 radical (unpaired) electrons. The molecule has 0 bridgehead atoms. The minimum Gasteiger partial charge on any atom is -0.508 e. The van der Waals surface area contributed by atoms with Gasteiger partial charge >= 0.3 is 5.97 Å². The van der Waals surface area contributed by atoms with E-state index in [0.717, 1.165) is 16.5 Å². The number of carbonyl (C=O) groups is 5. The number of hydrogen-bond donors (Lipinski definition) is 8. The number of fused-ring (bicyclic) bond motifs is 1. The number of nitrogens with one attached hydrogen (secondary N) is 4. The van der Waals surface area contributed by atoms with E-state index < -0.39 is 54.3 Å². The lowest BCUT2D eigenvalue weighted by molar-refractivity contribution is -0.142. The molecule has 0 aliphatic heterocycles. The van der Waals surface area contributed by atoms with Crippen LogP contribution in [0.2, 0.25) is 0 Å². The number of amides is 4. The second kappa shape index (κ2) is 13.8. The number of aromatic amines is 1. The second-order valence-electron chi connectivity index (χ2n) is 9.28. The molecule has 13 nitrogen and oxygen atoms in total. The molecule has 4 amide bonds. The Labute approximate surface area is 229 Å². The van der Waals surface area contributed by atoms with Crippen molar-refractivity contribution in [1.82, 2.24) is 20.9 Å². The highest BCUT2D eigenvalue weighted by Gasteiger charge is 2.27. The molecule has 0 saturated heterocycles. The molecular formula is C27H32N6O7. The fourth-order valence-corrected chi connectivity index (χ4v) is 4.07. The van der Waals surface area contributed by atoms with Gasteiger partial charge < -0.3 is 42.6 Å². The van der Waals surface area contributed by atoms with Crippen molar-refractivity contribution in [2.75, 3.05) is 6.54 Å². The fraction of sp³-hybridized carbons (Fsp3) is 0.296. The zero-order valence-electron chi connectivity index (χ0n) is 21.6. The van der Waals surface area contributed by atoms with Crippen LogP contribution in [0.4, 0.5) is 0 Å². The van der Waals surface area contributed by atoms with Crippen LogP contribution in [0.15, 0.2) is 54.7 Å². The van der Waals surface area contributed by atoms with Gasteiger partial charge in [-0.3, -0.25) is 19.2 Å². The first-order valence-electron chi connectivity index (χ1n) is 12.5. The Morgan fingerprint density at radius 3 is 2.27 bits per heavy atom. The maximum absolute atomic E-state index is 13.0. The number of carbonyl (C=O) groups excluding carboxylic acids is 4. The molecule has 3 atom stereocenters. The highest BCUT2D eigenvalue weighted by molar-refractivity contribution is 5.93. The van der Waals surface area contributed by atoms with Gasteiger partial charge in [0, 0.05) is 29.9 Å². The topological polar surface area (TPSA) is 230 Å². The number of H-pyrrole nitrogens is 1. The lowest BCUT2D eigenvalue weighted by Gasteiger charge is -2.22. The van der Waals surface area contributed by atoms with Crippen molar-refractivity contribution < 1.29 is 34.2 Å². The Kier molecular flexibility index (Phi) is 10.2. The van der Waals surface area contributed by atoms with Crippen LogP contribution in [0.5, 0.6) is 5.75 Å². The number of carboxylic acids is 1. The summed E-state index contributed by atoms with van der Waals surface area (Å²) in [5, 5.41) is 27.1. The highest BCUT2D eigenvalue weighted by Crippen LogP contribution is 2.18. The standard InChI is InChI=1S/C27H32N6O7/c28-19(12-16-13-30-20-4-2-1-3-18(16)20)25(37)31-14-24(36)32-22(11-15-5-7-17(34)8-6-15)26(38)33-21(27(39)40)9-10-23(29)35/h1-8,13,19,21-22,30,34H,9-12,14,28H2,(H2,29,35)(H,31,37)(H,32,36)(H,33,38)(H,39,40). The Balaban J connectivity index is 1.62. The molecule has 212 valence electrons. The molecule has 3 rings (SSSR count). The van der Waals surface area contributed by atoms with Gasteiger partial charge in [0.15, 0.2) is 0 Å². The van der Waals surface area contributed by atoms with Crippen LogP contribution in [-0.2, 0) is 36.8 Å². The number of benzene rings is 2. The summed E-state index contributed by atoms with van der Waals surface area (Å²) in [5.74, 6) is -4.21. The van der Waals surface area contributed by atoms with Crippen molar-refractivity contribution in [3.05, 3.63) is 65.9 Å². The zero-order valence-corrected chi connectivity index (χ0v) is 21.6. The summed E-state index contributed by atoms with van der Waals surface area (Å²) < 4.78 is 0. The molecule has 3 unspecified atom stereocenters. The van der Waals surface area contributed by atoms with Crippen molar-refractivity contribution in [3.8, 4) is 5.75 Å². The molecule has 0 aliphatic carbocycles. The summed E-state index contributed by atoms with van der Waals surface area (Å²) in [6.07, 6.45) is 1.45. The number of rotatable bonds is 14. The van der Waals surface area contributed by atoms with Crippen molar-refractivity contribution >= 4 is 40.5 Å². The van der Waals surface area contributed by atoms with E-state index in [9.17, 15) is 34.2 Å². The van der Waals surface area contributed by atoms with Gasteiger partial charge in [0.2, 0.25) is 23.6 Å². The number of primary amides is 1. The minimum absolute atomic E-state index is 0.00197. The summed E-state index contributed by atoms with van der Waals surface area (Å²) in [7, 11) is 0. The number of hydrogen-bond acceptors (Lipinski definition) is 7. The molecular weight excluding hydrogens is 520 g/mol. The molecule has 40 heavy (non-hydrogen) atoms. The lowest BCUT2D eigenvalue weighted by Crippen LogP contribution is -2.54. The zero-order chi connectivity index (χ0) is 29.2. The fourth-order valence-electron chi connectivity index (χ4n) is 4.07. The molecule has 3 aromatic rings. The molecule has 13 heteroatoms. The maximum Gasteiger partial charge on any atom is 0.326 e. The number of carboxylic acid groups (broad SMARTS) is 1. The number of phenolic OH excluding ortho intramolecular Hbond substituents is 1. The summed E-state index contributed by atoms with van der Waals surface area (Å²) in [6.45, 7) is -0.482. The molecule has 0 spiro atoms. The van der Waals surface area contributed by atoms with E-state index in [-0.39, 0.29) is 31.4 Å². The molecule has 1 aromatic heterocycles. The smallest absolute Gasteiger partial charge is 0.326 e.